The standard InChI is InChI=1S/C11H10Cl2N4O/c1-7-11(17-18-16-7)15-14-10(13)9(12)8-5-3-2-4-6-8/h2-6,9H,1H3,(H,15,17)/b14-10-. The highest BCUT2D eigenvalue weighted by molar-refractivity contribution is 6.70. The van der Waals surface area contributed by atoms with Crippen LogP contribution in [-0.2, 0) is 0 Å². The molecule has 1 aromatic heterocycles. The Bertz CT molecular complexity index is 541. The molecule has 0 aliphatic heterocycles. The summed E-state index contributed by atoms with van der Waals surface area (Å²) in [5.41, 5.74) is 4.10. The molecular weight excluding hydrogens is 275 g/mol. The predicted octanol–water partition coefficient (Wildman–Crippen LogP) is 3.32. The average molecular weight is 285 g/mol. The van der Waals surface area contributed by atoms with Crippen molar-refractivity contribution < 1.29 is 4.63 Å². The first kappa shape index (κ1) is 12.9. The number of nitrogens with zero attached hydrogens (tertiary/aromatic N) is 3. The number of hydrazone groups is 1. The molecule has 0 spiro atoms. The summed E-state index contributed by atoms with van der Waals surface area (Å²) in [6, 6.07) is 9.42. The number of hydrogen-bond acceptors (Lipinski definition) is 5. The highest BCUT2D eigenvalue weighted by Gasteiger charge is 2.13. The van der Waals surface area contributed by atoms with Gasteiger partial charge in [0, 0.05) is 0 Å². The van der Waals surface area contributed by atoms with Gasteiger partial charge >= 0.3 is 0 Å². The van der Waals surface area contributed by atoms with Gasteiger partial charge in [-0.25, -0.2) is 4.63 Å². The molecule has 2 aromatic rings. The van der Waals surface area contributed by atoms with Crippen molar-refractivity contribution in [1.29, 1.82) is 0 Å². The zero-order chi connectivity index (χ0) is 13.0. The summed E-state index contributed by atoms with van der Waals surface area (Å²) in [6.45, 7) is 1.73. The van der Waals surface area contributed by atoms with Crippen LogP contribution >= 0.6 is 23.2 Å². The normalized spacial score (nSPS) is 13.4. The quantitative estimate of drug-likeness (QED) is 0.531. The first-order chi connectivity index (χ1) is 8.68. The van der Waals surface area contributed by atoms with Gasteiger partial charge in [-0.05, 0) is 17.6 Å². The van der Waals surface area contributed by atoms with Gasteiger partial charge in [-0.15, -0.1) is 11.6 Å². The van der Waals surface area contributed by atoms with E-state index in [-0.39, 0.29) is 5.17 Å². The molecule has 1 heterocycles. The number of aromatic nitrogens is 2. The Morgan fingerprint density at radius 1 is 1.33 bits per heavy atom. The molecule has 18 heavy (non-hydrogen) atoms. The summed E-state index contributed by atoms with van der Waals surface area (Å²) in [5, 5.41) is 10.9. The largest absolute Gasteiger partial charge is 0.256 e. The van der Waals surface area contributed by atoms with Crippen molar-refractivity contribution in [1.82, 2.24) is 10.3 Å². The maximum atomic E-state index is 6.17. The highest BCUT2D eigenvalue weighted by atomic mass is 35.5. The molecule has 0 aliphatic rings. The second kappa shape index (κ2) is 5.84. The predicted molar refractivity (Wildman–Crippen MR) is 71.0 cm³/mol. The van der Waals surface area contributed by atoms with Gasteiger partial charge in [0.15, 0.2) is 0 Å². The highest BCUT2D eigenvalue weighted by Crippen LogP contribution is 2.24. The molecule has 0 saturated carbocycles. The van der Waals surface area contributed by atoms with Crippen LogP contribution in [-0.4, -0.2) is 15.5 Å². The molecule has 1 atom stereocenters. The van der Waals surface area contributed by atoms with Crippen LogP contribution in [0.4, 0.5) is 5.82 Å². The first-order valence-corrected chi connectivity index (χ1v) is 5.97. The third kappa shape index (κ3) is 3.00. The van der Waals surface area contributed by atoms with Crippen molar-refractivity contribution in [3.8, 4) is 0 Å². The monoisotopic (exact) mass is 284 g/mol. The van der Waals surface area contributed by atoms with Crippen LogP contribution in [0.3, 0.4) is 0 Å². The number of benzene rings is 1. The molecule has 0 amide bonds. The van der Waals surface area contributed by atoms with Gasteiger partial charge in [-0.2, -0.15) is 5.10 Å². The van der Waals surface area contributed by atoms with Crippen molar-refractivity contribution in [3.63, 3.8) is 0 Å². The van der Waals surface area contributed by atoms with Crippen LogP contribution in [0.2, 0.25) is 0 Å². The lowest BCUT2D eigenvalue weighted by molar-refractivity contribution is 0.306. The topological polar surface area (TPSA) is 63.3 Å². The second-order valence-electron chi connectivity index (χ2n) is 3.52. The Balaban J connectivity index is 2.07. The third-order valence-electron chi connectivity index (χ3n) is 2.22. The fourth-order valence-electron chi connectivity index (χ4n) is 1.26. The minimum atomic E-state index is -0.513. The number of halogens is 2. The molecule has 0 aliphatic carbocycles. The molecule has 0 saturated heterocycles. The van der Waals surface area contributed by atoms with Gasteiger partial charge in [-0.1, -0.05) is 47.1 Å². The Labute approximate surface area is 114 Å². The van der Waals surface area contributed by atoms with Crippen LogP contribution in [0.5, 0.6) is 0 Å². The fourth-order valence-corrected chi connectivity index (χ4v) is 1.62. The molecule has 0 fully saturated rings. The molecule has 0 radical (unpaired) electrons. The van der Waals surface area contributed by atoms with Crippen LogP contribution in [0.15, 0.2) is 40.1 Å². The number of aryl methyl sites for hydroxylation is 1. The van der Waals surface area contributed by atoms with Gasteiger partial charge in [0.2, 0.25) is 5.82 Å². The zero-order valence-corrected chi connectivity index (χ0v) is 11.0. The number of alkyl halides is 1. The lowest BCUT2D eigenvalue weighted by Gasteiger charge is -2.07. The van der Waals surface area contributed by atoms with E-state index in [4.69, 9.17) is 23.2 Å². The average Bonchev–Trinajstić information content (AvgIpc) is 2.81. The van der Waals surface area contributed by atoms with E-state index < -0.39 is 5.38 Å². The minimum absolute atomic E-state index is 0.213. The summed E-state index contributed by atoms with van der Waals surface area (Å²) >= 11 is 12.2. The van der Waals surface area contributed by atoms with Gasteiger partial charge in [0.25, 0.3) is 0 Å². The Morgan fingerprint density at radius 3 is 2.67 bits per heavy atom. The first-order valence-electron chi connectivity index (χ1n) is 5.15. The maximum Gasteiger partial charge on any atom is 0.213 e. The van der Waals surface area contributed by atoms with Gasteiger partial charge in [0.05, 0.1) is 0 Å². The molecule has 1 aromatic carbocycles. The summed E-state index contributed by atoms with van der Waals surface area (Å²) < 4.78 is 4.51. The lowest BCUT2D eigenvalue weighted by Crippen LogP contribution is -2.03. The maximum absolute atomic E-state index is 6.17. The van der Waals surface area contributed by atoms with Crippen molar-refractivity contribution >= 4 is 34.2 Å². The zero-order valence-electron chi connectivity index (χ0n) is 9.47. The molecule has 2 rings (SSSR count). The van der Waals surface area contributed by atoms with E-state index in [0.29, 0.717) is 11.5 Å². The Morgan fingerprint density at radius 2 is 2.06 bits per heavy atom. The van der Waals surface area contributed by atoms with Crippen molar-refractivity contribution in [2.75, 3.05) is 5.43 Å². The van der Waals surface area contributed by atoms with E-state index in [2.05, 4.69) is 25.5 Å². The third-order valence-corrected chi connectivity index (χ3v) is 3.10. The van der Waals surface area contributed by atoms with Gasteiger partial charge in [-0.3, -0.25) is 5.43 Å². The van der Waals surface area contributed by atoms with Crippen LogP contribution in [0.1, 0.15) is 16.6 Å². The van der Waals surface area contributed by atoms with Crippen molar-refractivity contribution in [3.05, 3.63) is 41.6 Å². The number of rotatable bonds is 4. The van der Waals surface area contributed by atoms with E-state index in [1.807, 2.05) is 30.3 Å². The smallest absolute Gasteiger partial charge is 0.213 e. The van der Waals surface area contributed by atoms with Gasteiger partial charge < -0.3 is 0 Å². The fraction of sp³-hybridized carbons (Fsp3) is 0.182. The van der Waals surface area contributed by atoms with E-state index >= 15 is 0 Å². The molecular formula is C11H10Cl2N4O. The summed E-state index contributed by atoms with van der Waals surface area (Å²) in [7, 11) is 0. The molecule has 1 unspecified atom stereocenters. The second-order valence-corrected chi connectivity index (χ2v) is 4.34. The molecule has 5 nitrogen and oxygen atoms in total. The van der Waals surface area contributed by atoms with E-state index in [0.717, 1.165) is 5.56 Å². The number of hydrogen-bond donors (Lipinski definition) is 1. The van der Waals surface area contributed by atoms with E-state index in [1.165, 1.54) is 0 Å². The minimum Gasteiger partial charge on any atom is -0.256 e. The lowest BCUT2D eigenvalue weighted by atomic mass is 10.2. The summed E-state index contributed by atoms with van der Waals surface area (Å²) in [4.78, 5) is 0. The van der Waals surface area contributed by atoms with Gasteiger partial charge in [0.1, 0.15) is 16.2 Å². The molecule has 94 valence electrons. The van der Waals surface area contributed by atoms with E-state index in [1.54, 1.807) is 6.92 Å². The Kier molecular flexibility index (Phi) is 4.17. The molecule has 7 heteroatoms. The summed E-state index contributed by atoms with van der Waals surface area (Å²) in [6.07, 6.45) is 0. The number of anilines is 1. The Hall–Kier alpha value is -1.59. The molecule has 1 N–H and O–H groups in total. The van der Waals surface area contributed by atoms with Crippen molar-refractivity contribution in [2.45, 2.75) is 12.3 Å². The summed E-state index contributed by atoms with van der Waals surface area (Å²) in [5.74, 6) is 0.407. The van der Waals surface area contributed by atoms with Crippen LogP contribution in [0, 0.1) is 6.92 Å². The van der Waals surface area contributed by atoms with Crippen LogP contribution < -0.4 is 5.43 Å². The van der Waals surface area contributed by atoms with Crippen LogP contribution in [0.25, 0.3) is 0 Å². The van der Waals surface area contributed by atoms with E-state index in [9.17, 15) is 0 Å². The number of nitrogens with one attached hydrogen (secondary N) is 1. The molecule has 0 bridgehead atoms. The SMILES string of the molecule is Cc1nonc1N/N=C(\Cl)C(Cl)c1ccccc1. The van der Waals surface area contributed by atoms with Crippen molar-refractivity contribution in [2.24, 2.45) is 5.10 Å².